The minimum absolute atomic E-state index is 0.0104. The van der Waals surface area contributed by atoms with Crippen LogP contribution in [0.2, 0.25) is 5.02 Å². The zero-order valence-electron chi connectivity index (χ0n) is 13.8. The van der Waals surface area contributed by atoms with E-state index in [0.717, 1.165) is 6.21 Å². The summed E-state index contributed by atoms with van der Waals surface area (Å²) in [6, 6.07) is 15.0. The van der Waals surface area contributed by atoms with Gasteiger partial charge < -0.3 is 5.32 Å². The third kappa shape index (κ3) is 4.18. The van der Waals surface area contributed by atoms with Crippen LogP contribution in [0.5, 0.6) is 0 Å². The van der Waals surface area contributed by atoms with E-state index >= 15 is 0 Å². The van der Waals surface area contributed by atoms with E-state index < -0.39 is 23.6 Å². The average Bonchev–Trinajstić information content (AvgIpc) is 2.65. The van der Waals surface area contributed by atoms with Crippen molar-refractivity contribution >= 4 is 58.6 Å². The standard InChI is InChI=1S/C18H13ClN4O3S/c19-12-6-4-5-11(9-12)15(24)22-20-10-14-16(25)21-18(27)23(17(14)26)13-7-2-1-3-8-13/h1-10,14H,(H,22,24)(H,21,25,27)/b20-10-/t14-/m0/s1. The molecule has 1 saturated heterocycles. The van der Waals surface area contributed by atoms with Crippen molar-refractivity contribution in [3.63, 3.8) is 0 Å². The fraction of sp³-hybridized carbons (Fsp3) is 0.0556. The molecule has 0 radical (unpaired) electrons. The zero-order valence-corrected chi connectivity index (χ0v) is 15.3. The highest BCUT2D eigenvalue weighted by atomic mass is 35.5. The van der Waals surface area contributed by atoms with Gasteiger partial charge in [-0.3, -0.25) is 19.3 Å². The Morgan fingerprint density at radius 2 is 1.93 bits per heavy atom. The van der Waals surface area contributed by atoms with Crippen molar-refractivity contribution in [3.8, 4) is 0 Å². The van der Waals surface area contributed by atoms with Crippen LogP contribution in [0.3, 0.4) is 0 Å². The fourth-order valence-corrected chi connectivity index (χ4v) is 2.89. The molecule has 2 aromatic carbocycles. The van der Waals surface area contributed by atoms with Gasteiger partial charge in [0.1, 0.15) is 0 Å². The van der Waals surface area contributed by atoms with Gasteiger partial charge in [-0.25, -0.2) is 5.43 Å². The van der Waals surface area contributed by atoms with E-state index in [2.05, 4.69) is 15.8 Å². The molecule has 0 spiro atoms. The van der Waals surface area contributed by atoms with Crippen LogP contribution in [0.4, 0.5) is 5.69 Å². The zero-order chi connectivity index (χ0) is 19.4. The number of amides is 3. The number of rotatable bonds is 4. The Labute approximate surface area is 165 Å². The number of anilines is 1. The van der Waals surface area contributed by atoms with E-state index in [9.17, 15) is 14.4 Å². The first-order valence-electron chi connectivity index (χ1n) is 7.80. The summed E-state index contributed by atoms with van der Waals surface area (Å²) in [7, 11) is 0. The molecule has 0 aromatic heterocycles. The maximum absolute atomic E-state index is 12.7. The topological polar surface area (TPSA) is 90.9 Å². The smallest absolute Gasteiger partial charge is 0.271 e. The van der Waals surface area contributed by atoms with Crippen molar-refractivity contribution in [2.45, 2.75) is 0 Å². The number of para-hydroxylation sites is 1. The Hall–Kier alpha value is -3.10. The largest absolute Gasteiger partial charge is 0.301 e. The number of benzene rings is 2. The van der Waals surface area contributed by atoms with Gasteiger partial charge in [0.15, 0.2) is 11.0 Å². The Balaban J connectivity index is 1.74. The monoisotopic (exact) mass is 400 g/mol. The lowest BCUT2D eigenvalue weighted by molar-refractivity contribution is -0.130. The molecule has 1 atom stereocenters. The number of nitrogens with zero attached hydrogens (tertiary/aromatic N) is 2. The molecule has 0 saturated carbocycles. The molecule has 1 aliphatic heterocycles. The quantitative estimate of drug-likeness (QED) is 0.356. The number of hydrogen-bond donors (Lipinski definition) is 2. The number of carbonyl (C=O) groups is 3. The molecule has 1 heterocycles. The first-order chi connectivity index (χ1) is 13.0. The summed E-state index contributed by atoms with van der Waals surface area (Å²) < 4.78 is 0. The highest BCUT2D eigenvalue weighted by Gasteiger charge is 2.38. The summed E-state index contributed by atoms with van der Waals surface area (Å²) >= 11 is 10.9. The number of hydrogen-bond acceptors (Lipinski definition) is 5. The van der Waals surface area contributed by atoms with Gasteiger partial charge in [-0.2, -0.15) is 5.10 Å². The van der Waals surface area contributed by atoms with E-state index in [1.807, 2.05) is 0 Å². The first kappa shape index (κ1) is 18.7. The second-order valence-corrected chi connectivity index (χ2v) is 6.33. The summed E-state index contributed by atoms with van der Waals surface area (Å²) in [5, 5.41) is 6.59. The van der Waals surface area contributed by atoms with Gasteiger partial charge in [-0.05, 0) is 42.5 Å². The fourth-order valence-electron chi connectivity index (χ4n) is 2.41. The summed E-state index contributed by atoms with van der Waals surface area (Å²) in [6.45, 7) is 0. The van der Waals surface area contributed by atoms with Crippen molar-refractivity contribution in [2.24, 2.45) is 11.0 Å². The Bertz CT molecular complexity index is 949. The minimum atomic E-state index is -1.23. The van der Waals surface area contributed by atoms with Crippen LogP contribution in [0.15, 0.2) is 59.7 Å². The van der Waals surface area contributed by atoms with E-state index in [0.29, 0.717) is 16.3 Å². The molecule has 9 heteroatoms. The molecule has 1 aliphatic rings. The van der Waals surface area contributed by atoms with Gasteiger partial charge in [0.05, 0.1) is 5.69 Å². The van der Waals surface area contributed by atoms with Gasteiger partial charge in [0.25, 0.3) is 11.8 Å². The van der Waals surface area contributed by atoms with Crippen LogP contribution in [-0.2, 0) is 9.59 Å². The molecule has 1 fully saturated rings. The van der Waals surface area contributed by atoms with Crippen LogP contribution in [0.25, 0.3) is 0 Å². The van der Waals surface area contributed by atoms with Gasteiger partial charge >= 0.3 is 0 Å². The number of nitrogens with one attached hydrogen (secondary N) is 2. The van der Waals surface area contributed by atoms with E-state index in [1.54, 1.807) is 48.5 Å². The predicted molar refractivity (Wildman–Crippen MR) is 106 cm³/mol. The summed E-state index contributed by atoms with van der Waals surface area (Å²) in [5.74, 6) is -2.92. The molecule has 7 nitrogen and oxygen atoms in total. The molecule has 0 aliphatic carbocycles. The molecule has 2 aromatic rings. The maximum Gasteiger partial charge on any atom is 0.271 e. The highest BCUT2D eigenvalue weighted by Crippen LogP contribution is 2.19. The van der Waals surface area contributed by atoms with Crippen molar-refractivity contribution in [1.82, 2.24) is 10.7 Å². The molecular weight excluding hydrogens is 388 g/mol. The van der Waals surface area contributed by atoms with E-state index in [4.69, 9.17) is 23.8 Å². The summed E-state index contributed by atoms with van der Waals surface area (Å²) in [5.41, 5.74) is 3.09. The van der Waals surface area contributed by atoms with Gasteiger partial charge in [0.2, 0.25) is 5.91 Å². The lowest BCUT2D eigenvalue weighted by Gasteiger charge is -2.30. The van der Waals surface area contributed by atoms with Crippen molar-refractivity contribution < 1.29 is 14.4 Å². The second-order valence-electron chi connectivity index (χ2n) is 5.51. The number of halogens is 1. The normalized spacial score (nSPS) is 17.1. The van der Waals surface area contributed by atoms with Crippen LogP contribution in [0, 0.1) is 5.92 Å². The summed E-state index contributed by atoms with van der Waals surface area (Å²) in [6.07, 6.45) is 1.07. The lowest BCUT2D eigenvalue weighted by atomic mass is 10.1. The average molecular weight is 401 g/mol. The molecule has 3 rings (SSSR count). The van der Waals surface area contributed by atoms with Crippen molar-refractivity contribution in [2.75, 3.05) is 4.90 Å². The Kier molecular flexibility index (Phi) is 5.58. The lowest BCUT2D eigenvalue weighted by Crippen LogP contribution is -2.58. The number of hydrazone groups is 1. The number of thiocarbonyl (C=S) groups is 1. The Morgan fingerprint density at radius 1 is 1.19 bits per heavy atom. The Morgan fingerprint density at radius 3 is 2.63 bits per heavy atom. The van der Waals surface area contributed by atoms with Crippen molar-refractivity contribution in [3.05, 3.63) is 65.2 Å². The van der Waals surface area contributed by atoms with Crippen LogP contribution in [-0.4, -0.2) is 29.0 Å². The van der Waals surface area contributed by atoms with Gasteiger partial charge in [-0.1, -0.05) is 35.9 Å². The maximum atomic E-state index is 12.7. The molecule has 0 unspecified atom stereocenters. The second kappa shape index (κ2) is 8.07. The summed E-state index contributed by atoms with van der Waals surface area (Å²) in [4.78, 5) is 38.1. The molecule has 136 valence electrons. The first-order valence-corrected chi connectivity index (χ1v) is 8.59. The predicted octanol–water partition coefficient (Wildman–Crippen LogP) is 2.12. The van der Waals surface area contributed by atoms with Crippen molar-refractivity contribution in [1.29, 1.82) is 0 Å². The van der Waals surface area contributed by atoms with E-state index in [-0.39, 0.29) is 5.11 Å². The van der Waals surface area contributed by atoms with Gasteiger partial charge in [0, 0.05) is 16.8 Å². The molecule has 27 heavy (non-hydrogen) atoms. The molecule has 2 N–H and O–H groups in total. The third-order valence-electron chi connectivity index (χ3n) is 3.69. The van der Waals surface area contributed by atoms with Crippen LogP contribution < -0.4 is 15.6 Å². The molecule has 3 amide bonds. The van der Waals surface area contributed by atoms with Crippen LogP contribution >= 0.6 is 23.8 Å². The molecule has 0 bridgehead atoms. The van der Waals surface area contributed by atoms with E-state index in [1.165, 1.54) is 11.0 Å². The third-order valence-corrected chi connectivity index (χ3v) is 4.21. The van der Waals surface area contributed by atoms with Crippen LogP contribution in [0.1, 0.15) is 10.4 Å². The highest BCUT2D eigenvalue weighted by molar-refractivity contribution is 7.80. The molecular formula is C18H13ClN4O3S. The van der Waals surface area contributed by atoms with Gasteiger partial charge in [-0.15, -0.1) is 0 Å². The number of carbonyl (C=O) groups excluding carboxylic acids is 3. The minimum Gasteiger partial charge on any atom is -0.301 e. The SMILES string of the molecule is O=C(N/N=C\[C@H]1C(=O)NC(=S)N(c2ccccc2)C1=O)c1cccc(Cl)c1.